The third kappa shape index (κ3) is 4.23. The SMILES string of the molecule is COc1ccccc1CCNc1nccc(Nc2ccccc2)n1. The van der Waals surface area contributed by atoms with Crippen molar-refractivity contribution in [2.24, 2.45) is 0 Å². The highest BCUT2D eigenvalue weighted by Gasteiger charge is 2.03. The van der Waals surface area contributed by atoms with E-state index in [-0.39, 0.29) is 0 Å². The average Bonchev–Trinajstić information content (AvgIpc) is 2.63. The highest BCUT2D eigenvalue weighted by atomic mass is 16.5. The third-order valence-corrected chi connectivity index (χ3v) is 3.57. The molecule has 0 fully saturated rings. The maximum atomic E-state index is 5.36. The molecule has 5 nitrogen and oxygen atoms in total. The first-order valence-electron chi connectivity index (χ1n) is 7.86. The molecular weight excluding hydrogens is 300 g/mol. The first kappa shape index (κ1) is 15.8. The lowest BCUT2D eigenvalue weighted by Crippen LogP contribution is -2.09. The number of nitrogens with one attached hydrogen (secondary N) is 2. The third-order valence-electron chi connectivity index (χ3n) is 3.57. The molecule has 2 aromatic carbocycles. The Bertz CT molecular complexity index is 777. The Labute approximate surface area is 141 Å². The van der Waals surface area contributed by atoms with Gasteiger partial charge in [-0.05, 0) is 36.2 Å². The number of ether oxygens (including phenoxy) is 1. The summed E-state index contributed by atoms with van der Waals surface area (Å²) in [4.78, 5) is 8.74. The fraction of sp³-hybridized carbons (Fsp3) is 0.158. The van der Waals surface area contributed by atoms with E-state index >= 15 is 0 Å². The first-order chi connectivity index (χ1) is 11.8. The van der Waals surface area contributed by atoms with Gasteiger partial charge in [-0.2, -0.15) is 4.98 Å². The van der Waals surface area contributed by atoms with Gasteiger partial charge in [-0.25, -0.2) is 4.98 Å². The minimum Gasteiger partial charge on any atom is -0.496 e. The van der Waals surface area contributed by atoms with Crippen molar-refractivity contribution in [3.05, 3.63) is 72.4 Å². The minimum atomic E-state index is 0.603. The van der Waals surface area contributed by atoms with Crippen molar-refractivity contribution >= 4 is 17.5 Å². The van der Waals surface area contributed by atoms with Crippen molar-refractivity contribution < 1.29 is 4.74 Å². The van der Waals surface area contributed by atoms with Crippen LogP contribution in [0, 0.1) is 0 Å². The molecule has 122 valence electrons. The van der Waals surface area contributed by atoms with Gasteiger partial charge in [-0.1, -0.05) is 36.4 Å². The molecule has 0 amide bonds. The smallest absolute Gasteiger partial charge is 0.224 e. The molecule has 0 unspecified atom stereocenters. The second-order valence-electron chi connectivity index (χ2n) is 5.25. The molecule has 0 aliphatic heterocycles. The molecular formula is C19H20N4O. The lowest BCUT2D eigenvalue weighted by atomic mass is 10.1. The maximum absolute atomic E-state index is 5.36. The summed E-state index contributed by atoms with van der Waals surface area (Å²) in [5, 5.41) is 6.51. The number of para-hydroxylation sites is 2. The second-order valence-corrected chi connectivity index (χ2v) is 5.25. The molecule has 3 rings (SSSR count). The molecule has 0 spiro atoms. The summed E-state index contributed by atoms with van der Waals surface area (Å²) >= 11 is 0. The van der Waals surface area contributed by atoms with Crippen LogP contribution in [0.5, 0.6) is 5.75 Å². The number of anilines is 3. The van der Waals surface area contributed by atoms with Crippen LogP contribution in [0.15, 0.2) is 66.9 Å². The molecule has 24 heavy (non-hydrogen) atoms. The quantitative estimate of drug-likeness (QED) is 0.692. The maximum Gasteiger partial charge on any atom is 0.224 e. The number of rotatable bonds is 7. The Balaban J connectivity index is 1.59. The number of methoxy groups -OCH3 is 1. The topological polar surface area (TPSA) is 59.1 Å². The van der Waals surface area contributed by atoms with Crippen molar-refractivity contribution in [1.29, 1.82) is 0 Å². The molecule has 1 aromatic heterocycles. The number of hydrogen-bond donors (Lipinski definition) is 2. The summed E-state index contributed by atoms with van der Waals surface area (Å²) in [5.41, 5.74) is 2.15. The van der Waals surface area contributed by atoms with Gasteiger partial charge < -0.3 is 15.4 Å². The highest BCUT2D eigenvalue weighted by molar-refractivity contribution is 5.56. The van der Waals surface area contributed by atoms with E-state index in [4.69, 9.17) is 4.74 Å². The van der Waals surface area contributed by atoms with Crippen LogP contribution in [0.2, 0.25) is 0 Å². The van der Waals surface area contributed by atoms with Crippen LogP contribution in [-0.2, 0) is 6.42 Å². The predicted octanol–water partition coefficient (Wildman–Crippen LogP) is 3.88. The van der Waals surface area contributed by atoms with Crippen LogP contribution >= 0.6 is 0 Å². The molecule has 3 aromatic rings. The lowest BCUT2D eigenvalue weighted by molar-refractivity contribution is 0.410. The predicted molar refractivity (Wildman–Crippen MR) is 96.9 cm³/mol. The summed E-state index contributed by atoms with van der Waals surface area (Å²) in [5.74, 6) is 2.27. The van der Waals surface area contributed by atoms with Crippen LogP contribution < -0.4 is 15.4 Å². The first-order valence-corrected chi connectivity index (χ1v) is 7.86. The van der Waals surface area contributed by atoms with E-state index in [1.165, 1.54) is 0 Å². The van der Waals surface area contributed by atoms with Gasteiger partial charge in [0.1, 0.15) is 11.6 Å². The molecule has 0 bridgehead atoms. The Morgan fingerprint density at radius 3 is 2.58 bits per heavy atom. The van der Waals surface area contributed by atoms with E-state index < -0.39 is 0 Å². The molecule has 0 aliphatic rings. The fourth-order valence-corrected chi connectivity index (χ4v) is 2.40. The number of hydrogen-bond acceptors (Lipinski definition) is 5. The minimum absolute atomic E-state index is 0.603. The Morgan fingerprint density at radius 1 is 0.958 bits per heavy atom. The van der Waals surface area contributed by atoms with Gasteiger partial charge in [0.05, 0.1) is 7.11 Å². The van der Waals surface area contributed by atoms with Gasteiger partial charge in [0.15, 0.2) is 0 Å². The normalized spacial score (nSPS) is 10.2. The van der Waals surface area contributed by atoms with Crippen LogP contribution in [0.1, 0.15) is 5.56 Å². The van der Waals surface area contributed by atoms with Crippen LogP contribution in [0.25, 0.3) is 0 Å². The molecule has 1 heterocycles. The van der Waals surface area contributed by atoms with E-state index in [1.54, 1.807) is 13.3 Å². The summed E-state index contributed by atoms with van der Waals surface area (Å²) < 4.78 is 5.36. The largest absolute Gasteiger partial charge is 0.496 e. The molecule has 5 heteroatoms. The molecule has 0 atom stereocenters. The average molecular weight is 320 g/mol. The van der Waals surface area contributed by atoms with Gasteiger partial charge in [-0.3, -0.25) is 0 Å². The molecule has 0 saturated carbocycles. The van der Waals surface area contributed by atoms with E-state index in [0.29, 0.717) is 5.95 Å². The van der Waals surface area contributed by atoms with Crippen molar-refractivity contribution in [3.63, 3.8) is 0 Å². The van der Waals surface area contributed by atoms with Gasteiger partial charge in [0.2, 0.25) is 5.95 Å². The summed E-state index contributed by atoms with van der Waals surface area (Å²) in [7, 11) is 1.69. The zero-order chi connectivity index (χ0) is 16.6. The van der Waals surface area contributed by atoms with Crippen molar-refractivity contribution in [3.8, 4) is 5.75 Å². The second kappa shape index (κ2) is 7.97. The molecule has 2 N–H and O–H groups in total. The Kier molecular flexibility index (Phi) is 5.24. The van der Waals surface area contributed by atoms with Gasteiger partial charge in [0, 0.05) is 18.4 Å². The summed E-state index contributed by atoms with van der Waals surface area (Å²) in [6.07, 6.45) is 2.58. The van der Waals surface area contributed by atoms with Crippen molar-refractivity contribution in [1.82, 2.24) is 9.97 Å². The highest BCUT2D eigenvalue weighted by Crippen LogP contribution is 2.18. The van der Waals surface area contributed by atoms with Crippen molar-refractivity contribution in [2.45, 2.75) is 6.42 Å². The van der Waals surface area contributed by atoms with Gasteiger partial charge in [-0.15, -0.1) is 0 Å². The molecule has 0 saturated heterocycles. The summed E-state index contributed by atoms with van der Waals surface area (Å²) in [6.45, 7) is 0.731. The van der Waals surface area contributed by atoms with Crippen LogP contribution in [-0.4, -0.2) is 23.6 Å². The van der Waals surface area contributed by atoms with E-state index in [2.05, 4.69) is 26.7 Å². The fourth-order valence-electron chi connectivity index (χ4n) is 2.40. The van der Waals surface area contributed by atoms with Crippen LogP contribution in [0.3, 0.4) is 0 Å². The van der Waals surface area contributed by atoms with Gasteiger partial charge >= 0.3 is 0 Å². The Hall–Kier alpha value is -3.08. The Morgan fingerprint density at radius 2 is 1.75 bits per heavy atom. The zero-order valence-corrected chi connectivity index (χ0v) is 13.6. The van der Waals surface area contributed by atoms with E-state index in [9.17, 15) is 0 Å². The van der Waals surface area contributed by atoms with Crippen LogP contribution in [0.4, 0.5) is 17.5 Å². The van der Waals surface area contributed by atoms with E-state index in [0.717, 1.165) is 35.8 Å². The number of aromatic nitrogens is 2. The van der Waals surface area contributed by atoms with Crippen molar-refractivity contribution in [2.75, 3.05) is 24.3 Å². The van der Waals surface area contributed by atoms with Gasteiger partial charge in [0.25, 0.3) is 0 Å². The number of benzene rings is 2. The monoisotopic (exact) mass is 320 g/mol. The molecule has 0 radical (unpaired) electrons. The zero-order valence-electron chi connectivity index (χ0n) is 13.6. The number of nitrogens with zero attached hydrogens (tertiary/aromatic N) is 2. The van der Waals surface area contributed by atoms with E-state index in [1.807, 2.05) is 54.6 Å². The molecule has 0 aliphatic carbocycles. The lowest BCUT2D eigenvalue weighted by Gasteiger charge is -2.10. The summed E-state index contributed by atoms with van der Waals surface area (Å²) in [6, 6.07) is 19.8. The standard InChI is InChI=1S/C19H20N4O/c1-24-17-10-6-5-7-15(17)11-13-20-19-21-14-12-18(23-19)22-16-8-3-2-4-9-16/h2-10,12,14H,11,13H2,1H3,(H2,20,21,22,23).